The SMILES string of the molecule is O=C(c1ccncc1)N1CCCN(Cc2ccc(Cl)cc2)CC1. The van der Waals surface area contributed by atoms with Gasteiger partial charge in [-0.2, -0.15) is 0 Å². The summed E-state index contributed by atoms with van der Waals surface area (Å²) >= 11 is 5.93. The Morgan fingerprint density at radius 2 is 1.74 bits per heavy atom. The maximum absolute atomic E-state index is 12.5. The van der Waals surface area contributed by atoms with Crippen LogP contribution in [0.25, 0.3) is 0 Å². The molecule has 23 heavy (non-hydrogen) atoms. The van der Waals surface area contributed by atoms with Gasteiger partial charge in [-0.1, -0.05) is 23.7 Å². The standard InChI is InChI=1S/C18H20ClN3O/c19-17-4-2-15(3-5-17)14-21-10-1-11-22(13-12-21)18(23)16-6-8-20-9-7-16/h2-9H,1,10-14H2. The first-order valence-electron chi connectivity index (χ1n) is 7.88. The molecule has 0 bridgehead atoms. The molecule has 1 aromatic carbocycles. The molecule has 0 atom stereocenters. The van der Waals surface area contributed by atoms with Gasteiger partial charge >= 0.3 is 0 Å². The molecule has 1 amide bonds. The summed E-state index contributed by atoms with van der Waals surface area (Å²) < 4.78 is 0. The van der Waals surface area contributed by atoms with Crippen LogP contribution < -0.4 is 0 Å². The highest BCUT2D eigenvalue weighted by molar-refractivity contribution is 6.30. The molecule has 1 saturated heterocycles. The van der Waals surface area contributed by atoms with Crippen LogP contribution in [0.2, 0.25) is 5.02 Å². The molecule has 1 aliphatic heterocycles. The zero-order chi connectivity index (χ0) is 16.1. The van der Waals surface area contributed by atoms with Crippen molar-refractivity contribution in [3.8, 4) is 0 Å². The molecule has 2 heterocycles. The smallest absolute Gasteiger partial charge is 0.254 e. The third-order valence-corrected chi connectivity index (χ3v) is 4.37. The summed E-state index contributed by atoms with van der Waals surface area (Å²) in [5.74, 6) is 0.0979. The second kappa shape index (κ2) is 7.57. The summed E-state index contributed by atoms with van der Waals surface area (Å²) in [6, 6.07) is 11.5. The van der Waals surface area contributed by atoms with E-state index < -0.39 is 0 Å². The van der Waals surface area contributed by atoms with Gasteiger partial charge in [0.15, 0.2) is 0 Å². The number of rotatable bonds is 3. The van der Waals surface area contributed by atoms with Crippen molar-refractivity contribution in [3.63, 3.8) is 0 Å². The molecular weight excluding hydrogens is 310 g/mol. The van der Waals surface area contributed by atoms with Gasteiger partial charge in [0.2, 0.25) is 0 Å². The highest BCUT2D eigenvalue weighted by atomic mass is 35.5. The minimum Gasteiger partial charge on any atom is -0.337 e. The van der Waals surface area contributed by atoms with Gasteiger partial charge in [0.1, 0.15) is 0 Å². The molecule has 1 aliphatic rings. The third-order valence-electron chi connectivity index (χ3n) is 4.12. The van der Waals surface area contributed by atoms with Gasteiger partial charge in [0, 0.05) is 55.7 Å². The third kappa shape index (κ3) is 4.30. The minimum atomic E-state index is 0.0979. The number of hydrogen-bond donors (Lipinski definition) is 0. The molecule has 0 spiro atoms. The Morgan fingerprint density at radius 1 is 1.00 bits per heavy atom. The van der Waals surface area contributed by atoms with Crippen LogP contribution in [0.15, 0.2) is 48.8 Å². The number of carbonyl (C=O) groups excluding carboxylic acids is 1. The van der Waals surface area contributed by atoms with Crippen LogP contribution in [-0.2, 0) is 6.54 Å². The van der Waals surface area contributed by atoms with E-state index in [4.69, 9.17) is 11.6 Å². The van der Waals surface area contributed by atoms with E-state index >= 15 is 0 Å². The van der Waals surface area contributed by atoms with Gasteiger partial charge in [-0.3, -0.25) is 14.7 Å². The summed E-state index contributed by atoms with van der Waals surface area (Å²) in [7, 11) is 0. The summed E-state index contributed by atoms with van der Waals surface area (Å²) in [6.45, 7) is 4.35. The number of amides is 1. The van der Waals surface area contributed by atoms with E-state index in [0.29, 0.717) is 5.56 Å². The first-order valence-corrected chi connectivity index (χ1v) is 8.26. The number of carbonyl (C=O) groups is 1. The molecular formula is C18H20ClN3O. The van der Waals surface area contributed by atoms with E-state index in [2.05, 4.69) is 22.0 Å². The van der Waals surface area contributed by atoms with E-state index in [1.165, 1.54) is 5.56 Å². The minimum absolute atomic E-state index is 0.0979. The summed E-state index contributed by atoms with van der Waals surface area (Å²) in [6.07, 6.45) is 4.32. The van der Waals surface area contributed by atoms with Crippen molar-refractivity contribution < 1.29 is 4.79 Å². The number of aromatic nitrogens is 1. The molecule has 0 aliphatic carbocycles. The number of hydrogen-bond acceptors (Lipinski definition) is 3. The Labute approximate surface area is 141 Å². The molecule has 120 valence electrons. The average Bonchev–Trinajstić information content (AvgIpc) is 2.83. The summed E-state index contributed by atoms with van der Waals surface area (Å²) in [5, 5.41) is 0.763. The molecule has 0 N–H and O–H groups in total. The molecule has 0 unspecified atom stereocenters. The normalized spacial score (nSPS) is 16.1. The largest absolute Gasteiger partial charge is 0.337 e. The van der Waals surface area contributed by atoms with Crippen LogP contribution in [0.1, 0.15) is 22.3 Å². The fourth-order valence-corrected chi connectivity index (χ4v) is 2.98. The first-order chi connectivity index (χ1) is 11.2. The maximum Gasteiger partial charge on any atom is 0.254 e. The molecule has 2 aromatic rings. The highest BCUT2D eigenvalue weighted by Gasteiger charge is 2.20. The number of halogens is 1. The van der Waals surface area contributed by atoms with Crippen molar-refractivity contribution in [3.05, 3.63) is 64.9 Å². The van der Waals surface area contributed by atoms with Gasteiger partial charge < -0.3 is 4.90 Å². The fraction of sp³-hybridized carbons (Fsp3) is 0.333. The van der Waals surface area contributed by atoms with Crippen LogP contribution in [-0.4, -0.2) is 46.9 Å². The zero-order valence-corrected chi connectivity index (χ0v) is 13.7. The molecule has 5 heteroatoms. The summed E-state index contributed by atoms with van der Waals surface area (Å²) in [4.78, 5) is 20.8. The number of pyridine rings is 1. The van der Waals surface area contributed by atoms with E-state index in [0.717, 1.165) is 44.2 Å². The lowest BCUT2D eigenvalue weighted by atomic mass is 10.2. The van der Waals surface area contributed by atoms with Crippen molar-refractivity contribution in [1.82, 2.24) is 14.8 Å². The van der Waals surface area contributed by atoms with Crippen molar-refractivity contribution in [2.24, 2.45) is 0 Å². The number of benzene rings is 1. The van der Waals surface area contributed by atoms with E-state index in [1.54, 1.807) is 24.5 Å². The van der Waals surface area contributed by atoms with Crippen LogP contribution >= 0.6 is 11.6 Å². The van der Waals surface area contributed by atoms with Crippen LogP contribution in [0.5, 0.6) is 0 Å². The number of nitrogens with zero attached hydrogens (tertiary/aromatic N) is 3. The zero-order valence-electron chi connectivity index (χ0n) is 13.0. The Kier molecular flexibility index (Phi) is 5.26. The van der Waals surface area contributed by atoms with Gasteiger partial charge in [-0.05, 0) is 36.2 Å². The van der Waals surface area contributed by atoms with Crippen molar-refractivity contribution >= 4 is 17.5 Å². The van der Waals surface area contributed by atoms with Gasteiger partial charge in [-0.25, -0.2) is 0 Å². The molecule has 3 rings (SSSR count). The second-order valence-electron chi connectivity index (χ2n) is 5.78. The Balaban J connectivity index is 1.59. The topological polar surface area (TPSA) is 36.4 Å². The lowest BCUT2D eigenvalue weighted by Crippen LogP contribution is -2.35. The fourth-order valence-electron chi connectivity index (χ4n) is 2.86. The van der Waals surface area contributed by atoms with Crippen molar-refractivity contribution in [2.45, 2.75) is 13.0 Å². The van der Waals surface area contributed by atoms with Crippen LogP contribution in [0.4, 0.5) is 0 Å². The maximum atomic E-state index is 12.5. The first kappa shape index (κ1) is 16.0. The van der Waals surface area contributed by atoms with Gasteiger partial charge in [-0.15, -0.1) is 0 Å². The second-order valence-corrected chi connectivity index (χ2v) is 6.22. The van der Waals surface area contributed by atoms with E-state index in [1.807, 2.05) is 17.0 Å². The molecule has 0 saturated carbocycles. The van der Waals surface area contributed by atoms with E-state index in [9.17, 15) is 4.79 Å². The Morgan fingerprint density at radius 3 is 2.48 bits per heavy atom. The van der Waals surface area contributed by atoms with Gasteiger partial charge in [0.25, 0.3) is 5.91 Å². The molecule has 1 fully saturated rings. The molecule has 0 radical (unpaired) electrons. The Bertz CT molecular complexity index is 645. The molecule has 4 nitrogen and oxygen atoms in total. The highest BCUT2D eigenvalue weighted by Crippen LogP contribution is 2.14. The average molecular weight is 330 g/mol. The predicted octanol–water partition coefficient (Wildman–Crippen LogP) is 3.08. The van der Waals surface area contributed by atoms with Crippen molar-refractivity contribution in [2.75, 3.05) is 26.2 Å². The lowest BCUT2D eigenvalue weighted by molar-refractivity contribution is 0.0761. The summed E-state index contributed by atoms with van der Waals surface area (Å²) in [5.41, 5.74) is 1.97. The predicted molar refractivity (Wildman–Crippen MR) is 91.5 cm³/mol. The van der Waals surface area contributed by atoms with Crippen LogP contribution in [0, 0.1) is 0 Å². The molecule has 1 aromatic heterocycles. The van der Waals surface area contributed by atoms with E-state index in [-0.39, 0.29) is 5.91 Å². The quantitative estimate of drug-likeness (QED) is 0.868. The Hall–Kier alpha value is -1.91. The van der Waals surface area contributed by atoms with Crippen molar-refractivity contribution in [1.29, 1.82) is 0 Å². The monoisotopic (exact) mass is 329 g/mol. The van der Waals surface area contributed by atoms with Gasteiger partial charge in [0.05, 0.1) is 0 Å². The van der Waals surface area contributed by atoms with Crippen LogP contribution in [0.3, 0.4) is 0 Å². The lowest BCUT2D eigenvalue weighted by Gasteiger charge is -2.22.